The zero-order chi connectivity index (χ0) is 15.4. The van der Waals surface area contributed by atoms with Gasteiger partial charge in [0, 0.05) is 24.7 Å². The number of methoxy groups -OCH3 is 1. The van der Waals surface area contributed by atoms with Gasteiger partial charge < -0.3 is 14.7 Å². The molecule has 4 nitrogen and oxygen atoms in total. The maximum atomic E-state index is 10.7. The van der Waals surface area contributed by atoms with Crippen molar-refractivity contribution in [2.24, 2.45) is 11.8 Å². The van der Waals surface area contributed by atoms with Crippen molar-refractivity contribution in [1.29, 1.82) is 0 Å². The maximum Gasteiger partial charge on any atom is 0.328 e. The minimum absolute atomic E-state index is 0.690. The van der Waals surface area contributed by atoms with Crippen molar-refractivity contribution < 1.29 is 14.6 Å². The smallest absolute Gasteiger partial charge is 0.328 e. The third-order valence-corrected chi connectivity index (χ3v) is 3.97. The second-order valence-corrected chi connectivity index (χ2v) is 5.92. The molecule has 1 aliphatic carbocycles. The molecule has 0 radical (unpaired) electrons. The van der Waals surface area contributed by atoms with E-state index >= 15 is 0 Å². The number of hydrogen-bond donors (Lipinski definition) is 1. The lowest BCUT2D eigenvalue weighted by Gasteiger charge is -2.17. The molecule has 1 aromatic carbocycles. The molecule has 2 atom stereocenters. The van der Waals surface area contributed by atoms with Crippen LogP contribution in [-0.2, 0) is 11.3 Å². The number of hydrogen-bond acceptors (Lipinski definition) is 3. The predicted octanol–water partition coefficient (Wildman–Crippen LogP) is 2.88. The molecule has 0 saturated heterocycles. The summed E-state index contributed by atoms with van der Waals surface area (Å²) in [6.07, 6.45) is 4.05. The van der Waals surface area contributed by atoms with Gasteiger partial charge in [0.05, 0.1) is 7.11 Å². The molecule has 0 spiro atoms. The van der Waals surface area contributed by atoms with Crippen LogP contribution in [0.1, 0.15) is 24.5 Å². The lowest BCUT2D eigenvalue weighted by molar-refractivity contribution is -0.131. The minimum Gasteiger partial charge on any atom is -0.496 e. The minimum atomic E-state index is -0.956. The summed E-state index contributed by atoms with van der Waals surface area (Å²) < 4.78 is 5.27. The van der Waals surface area contributed by atoms with Crippen LogP contribution in [0.4, 0.5) is 0 Å². The predicted molar refractivity (Wildman–Crippen MR) is 83.3 cm³/mol. The van der Waals surface area contributed by atoms with Crippen molar-refractivity contribution in [2.45, 2.75) is 19.9 Å². The average molecular weight is 289 g/mol. The van der Waals surface area contributed by atoms with Crippen LogP contribution in [0, 0.1) is 11.8 Å². The van der Waals surface area contributed by atoms with Crippen LogP contribution in [-0.4, -0.2) is 36.7 Å². The molecular formula is C17H23NO3. The van der Waals surface area contributed by atoms with Crippen LogP contribution in [0.2, 0.25) is 0 Å². The van der Waals surface area contributed by atoms with Gasteiger partial charge in [-0.15, -0.1) is 0 Å². The molecule has 114 valence electrons. The van der Waals surface area contributed by atoms with Gasteiger partial charge in [-0.1, -0.05) is 13.0 Å². The zero-order valence-corrected chi connectivity index (χ0v) is 12.9. The van der Waals surface area contributed by atoms with Gasteiger partial charge in [-0.3, -0.25) is 0 Å². The van der Waals surface area contributed by atoms with Gasteiger partial charge in [-0.05, 0) is 49.1 Å². The Morgan fingerprint density at radius 1 is 1.52 bits per heavy atom. The van der Waals surface area contributed by atoms with Crippen molar-refractivity contribution in [3.63, 3.8) is 0 Å². The Kier molecular flexibility index (Phi) is 5.02. The second-order valence-electron chi connectivity index (χ2n) is 5.92. The standard InChI is InChI=1S/C17H23NO3/c1-12-8-15(12)11-18(2)10-13-4-6-16(21-3)14(9-13)5-7-17(19)20/h4-7,9,12,15H,8,10-11H2,1-3H3,(H,19,20). The number of carbonyl (C=O) groups is 1. The molecular weight excluding hydrogens is 266 g/mol. The summed E-state index contributed by atoms with van der Waals surface area (Å²) in [5.74, 6) is 1.43. The normalized spacial score (nSPS) is 21.0. The highest BCUT2D eigenvalue weighted by molar-refractivity contribution is 5.85. The van der Waals surface area contributed by atoms with Gasteiger partial charge in [-0.25, -0.2) is 4.79 Å². The number of aliphatic carboxylic acids is 1. The quantitative estimate of drug-likeness (QED) is 0.784. The summed E-state index contributed by atoms with van der Waals surface area (Å²) in [5, 5.41) is 8.75. The molecule has 4 heteroatoms. The van der Waals surface area contributed by atoms with Crippen molar-refractivity contribution in [3.8, 4) is 5.75 Å². The largest absolute Gasteiger partial charge is 0.496 e. The number of carboxylic acids is 1. The fourth-order valence-electron chi connectivity index (χ4n) is 2.60. The number of benzene rings is 1. The van der Waals surface area contributed by atoms with Gasteiger partial charge in [-0.2, -0.15) is 0 Å². The first kappa shape index (κ1) is 15.6. The highest BCUT2D eigenvalue weighted by Crippen LogP contribution is 2.38. The molecule has 21 heavy (non-hydrogen) atoms. The Hall–Kier alpha value is -1.81. The van der Waals surface area contributed by atoms with Crippen molar-refractivity contribution in [2.75, 3.05) is 20.7 Å². The van der Waals surface area contributed by atoms with Crippen LogP contribution in [0.3, 0.4) is 0 Å². The van der Waals surface area contributed by atoms with Crippen LogP contribution in [0.5, 0.6) is 5.75 Å². The van der Waals surface area contributed by atoms with E-state index in [-0.39, 0.29) is 0 Å². The Balaban J connectivity index is 2.05. The lowest BCUT2D eigenvalue weighted by atomic mass is 10.1. The molecule has 1 fully saturated rings. The van der Waals surface area contributed by atoms with E-state index in [1.54, 1.807) is 13.2 Å². The van der Waals surface area contributed by atoms with Gasteiger partial charge in [0.25, 0.3) is 0 Å². The van der Waals surface area contributed by atoms with Crippen LogP contribution in [0.15, 0.2) is 24.3 Å². The molecule has 2 rings (SSSR count). The first-order valence-electron chi connectivity index (χ1n) is 7.26. The summed E-state index contributed by atoms with van der Waals surface area (Å²) in [7, 11) is 3.72. The van der Waals surface area contributed by atoms with E-state index in [4.69, 9.17) is 9.84 Å². The topological polar surface area (TPSA) is 49.8 Å². The van der Waals surface area contributed by atoms with Crippen LogP contribution >= 0.6 is 0 Å². The van der Waals surface area contributed by atoms with E-state index in [0.29, 0.717) is 5.75 Å². The van der Waals surface area contributed by atoms with E-state index in [1.165, 1.54) is 6.42 Å². The highest BCUT2D eigenvalue weighted by Gasteiger charge is 2.32. The number of rotatable bonds is 7. The fourth-order valence-corrected chi connectivity index (χ4v) is 2.60. The van der Waals surface area contributed by atoms with E-state index in [9.17, 15) is 4.79 Å². The monoisotopic (exact) mass is 289 g/mol. The third kappa shape index (κ3) is 4.60. The number of nitrogens with zero attached hydrogens (tertiary/aromatic N) is 1. The highest BCUT2D eigenvalue weighted by atomic mass is 16.5. The van der Waals surface area contributed by atoms with Crippen molar-refractivity contribution in [3.05, 3.63) is 35.4 Å². The number of carboxylic acid groups (broad SMARTS) is 1. The summed E-state index contributed by atoms with van der Waals surface area (Å²) in [5.41, 5.74) is 1.96. The van der Waals surface area contributed by atoms with Crippen molar-refractivity contribution in [1.82, 2.24) is 4.90 Å². The molecule has 2 unspecified atom stereocenters. The average Bonchev–Trinajstić information content (AvgIpc) is 3.11. The first-order chi connectivity index (χ1) is 9.99. The molecule has 0 amide bonds. The van der Waals surface area contributed by atoms with Crippen LogP contribution in [0.25, 0.3) is 6.08 Å². The Morgan fingerprint density at radius 2 is 2.24 bits per heavy atom. The maximum absolute atomic E-state index is 10.7. The van der Waals surface area contributed by atoms with Gasteiger partial charge in [0.1, 0.15) is 5.75 Å². The Bertz CT molecular complexity index is 539. The SMILES string of the molecule is COc1ccc(CN(C)CC2CC2C)cc1C=CC(=O)O. The summed E-state index contributed by atoms with van der Waals surface area (Å²) >= 11 is 0. The summed E-state index contributed by atoms with van der Waals surface area (Å²) in [4.78, 5) is 13.0. The van der Waals surface area contributed by atoms with E-state index in [0.717, 1.165) is 42.1 Å². The number of ether oxygens (including phenoxy) is 1. The zero-order valence-electron chi connectivity index (χ0n) is 12.9. The summed E-state index contributed by atoms with van der Waals surface area (Å²) in [6.45, 7) is 4.27. The molecule has 1 aromatic rings. The molecule has 0 aromatic heterocycles. The molecule has 0 aliphatic heterocycles. The molecule has 0 bridgehead atoms. The third-order valence-electron chi connectivity index (χ3n) is 3.97. The van der Waals surface area contributed by atoms with E-state index in [1.807, 2.05) is 18.2 Å². The van der Waals surface area contributed by atoms with E-state index in [2.05, 4.69) is 18.9 Å². The van der Waals surface area contributed by atoms with Crippen molar-refractivity contribution >= 4 is 12.0 Å². The van der Waals surface area contributed by atoms with Gasteiger partial charge in [0.15, 0.2) is 0 Å². The molecule has 1 aliphatic rings. The summed E-state index contributed by atoms with van der Waals surface area (Å²) in [6, 6.07) is 5.92. The molecule has 1 saturated carbocycles. The Labute approximate surface area is 126 Å². The second kappa shape index (κ2) is 6.76. The lowest BCUT2D eigenvalue weighted by Crippen LogP contribution is -2.20. The van der Waals surface area contributed by atoms with Gasteiger partial charge in [0.2, 0.25) is 0 Å². The van der Waals surface area contributed by atoms with Crippen LogP contribution < -0.4 is 4.74 Å². The Morgan fingerprint density at radius 3 is 2.81 bits per heavy atom. The molecule has 0 heterocycles. The first-order valence-corrected chi connectivity index (χ1v) is 7.26. The van der Waals surface area contributed by atoms with E-state index < -0.39 is 5.97 Å². The van der Waals surface area contributed by atoms with Gasteiger partial charge >= 0.3 is 5.97 Å². The molecule has 1 N–H and O–H groups in total. The fraction of sp³-hybridized carbons (Fsp3) is 0.471.